The first-order valence-corrected chi connectivity index (χ1v) is 5.71. The van der Waals surface area contributed by atoms with Crippen LogP contribution < -0.4 is 5.69 Å². The van der Waals surface area contributed by atoms with Crippen molar-refractivity contribution in [1.82, 2.24) is 19.8 Å². The molecule has 0 bridgehead atoms. The molecule has 0 aliphatic carbocycles. The van der Waals surface area contributed by atoms with Gasteiger partial charge in [-0.15, -0.1) is 0 Å². The fourth-order valence-corrected chi connectivity index (χ4v) is 2.20. The molecule has 1 aromatic carbocycles. The van der Waals surface area contributed by atoms with E-state index in [1.807, 2.05) is 25.1 Å². The molecule has 2 rings (SSSR count). The Bertz CT molecular complexity index is 572. The minimum atomic E-state index is -0.243. The summed E-state index contributed by atoms with van der Waals surface area (Å²) in [6, 6.07) is 5.68. The van der Waals surface area contributed by atoms with Crippen molar-refractivity contribution in [3.63, 3.8) is 0 Å². The van der Waals surface area contributed by atoms with E-state index >= 15 is 0 Å². The monoisotopic (exact) mass is 282 g/mol. The molecule has 1 heterocycles. The quantitative estimate of drug-likeness (QED) is 0.834. The fraction of sp³-hybridized carbons (Fsp3) is 0.300. The van der Waals surface area contributed by atoms with E-state index in [1.165, 1.54) is 9.36 Å². The number of nitrogens with zero attached hydrogens (tertiary/aromatic N) is 4. The molecule has 84 valence electrons. The van der Waals surface area contributed by atoms with E-state index in [0.29, 0.717) is 0 Å². The number of aryl methyl sites for hydroxylation is 1. The molecule has 0 aliphatic rings. The summed E-state index contributed by atoms with van der Waals surface area (Å²) in [7, 11) is 1.58. The molecule has 0 radical (unpaired) electrons. The molecule has 2 aromatic rings. The van der Waals surface area contributed by atoms with E-state index in [4.69, 9.17) is 0 Å². The summed E-state index contributed by atoms with van der Waals surface area (Å²) in [5.74, 6) is 0. The zero-order valence-electron chi connectivity index (χ0n) is 9.01. The Morgan fingerprint density at radius 1 is 1.38 bits per heavy atom. The summed E-state index contributed by atoms with van der Waals surface area (Å²) in [5, 5.41) is 7.53. The molecule has 0 fully saturated rings. The second-order valence-corrected chi connectivity index (χ2v) is 4.24. The van der Waals surface area contributed by atoms with Gasteiger partial charge in [-0.3, -0.25) is 0 Å². The fourth-order valence-electron chi connectivity index (χ4n) is 1.56. The molecule has 0 saturated carbocycles. The van der Waals surface area contributed by atoms with E-state index < -0.39 is 0 Å². The van der Waals surface area contributed by atoms with Crippen molar-refractivity contribution in [2.45, 2.75) is 13.3 Å². The molecule has 0 atom stereocenters. The number of halogens is 1. The van der Waals surface area contributed by atoms with Crippen LogP contribution in [0, 0.1) is 0 Å². The minimum absolute atomic E-state index is 0.243. The van der Waals surface area contributed by atoms with Crippen LogP contribution in [0.2, 0.25) is 0 Å². The highest BCUT2D eigenvalue weighted by atomic mass is 79.9. The average molecular weight is 283 g/mol. The maximum Gasteiger partial charge on any atom is 0.368 e. The van der Waals surface area contributed by atoms with Gasteiger partial charge in [0.05, 0.1) is 5.69 Å². The highest BCUT2D eigenvalue weighted by Crippen LogP contribution is 2.22. The molecular formula is C10H11BrN4O. The molecule has 0 unspecified atom stereocenters. The van der Waals surface area contributed by atoms with E-state index in [2.05, 4.69) is 26.4 Å². The van der Waals surface area contributed by atoms with Crippen LogP contribution in [0.15, 0.2) is 27.5 Å². The summed E-state index contributed by atoms with van der Waals surface area (Å²) < 4.78 is 3.49. The lowest BCUT2D eigenvalue weighted by Gasteiger charge is -2.07. The summed E-state index contributed by atoms with van der Waals surface area (Å²) in [6.45, 7) is 2.03. The Morgan fingerprint density at radius 2 is 2.12 bits per heavy atom. The normalized spacial score (nSPS) is 10.7. The predicted octanol–water partition coefficient (Wildman–Crippen LogP) is 1.29. The van der Waals surface area contributed by atoms with E-state index in [1.54, 1.807) is 7.05 Å². The zero-order valence-corrected chi connectivity index (χ0v) is 10.6. The first-order chi connectivity index (χ1) is 7.65. The van der Waals surface area contributed by atoms with Crippen LogP contribution in [0.4, 0.5) is 0 Å². The van der Waals surface area contributed by atoms with E-state index in [0.717, 1.165) is 22.1 Å². The van der Waals surface area contributed by atoms with Gasteiger partial charge in [-0.25, -0.2) is 4.79 Å². The summed E-state index contributed by atoms with van der Waals surface area (Å²) in [4.78, 5) is 11.7. The zero-order chi connectivity index (χ0) is 11.7. The van der Waals surface area contributed by atoms with Crippen LogP contribution in [-0.4, -0.2) is 19.8 Å². The van der Waals surface area contributed by atoms with Crippen molar-refractivity contribution in [2.24, 2.45) is 7.05 Å². The molecule has 0 saturated heterocycles. The van der Waals surface area contributed by atoms with Crippen LogP contribution in [0.1, 0.15) is 12.5 Å². The van der Waals surface area contributed by atoms with Gasteiger partial charge in [-0.05, 0) is 34.5 Å². The summed E-state index contributed by atoms with van der Waals surface area (Å²) in [5.41, 5.74) is 1.58. The number of aromatic nitrogens is 4. The number of tetrazole rings is 1. The van der Waals surface area contributed by atoms with Crippen LogP contribution in [-0.2, 0) is 13.5 Å². The molecule has 6 heteroatoms. The SMILES string of the molecule is CCc1c(Br)cccc1-n1nnn(C)c1=O. The third-order valence-corrected chi connectivity index (χ3v) is 3.14. The standard InChI is InChI=1S/C10H11BrN4O/c1-3-7-8(11)5-4-6-9(7)15-10(16)14(2)12-13-15/h4-6H,3H2,1-2H3. The average Bonchev–Trinajstić information content (AvgIpc) is 2.59. The van der Waals surface area contributed by atoms with Gasteiger partial charge in [0.2, 0.25) is 0 Å². The Kier molecular flexibility index (Phi) is 2.91. The van der Waals surface area contributed by atoms with Crippen LogP contribution in [0.3, 0.4) is 0 Å². The molecule has 0 spiro atoms. The van der Waals surface area contributed by atoms with Crippen molar-refractivity contribution >= 4 is 15.9 Å². The predicted molar refractivity (Wildman–Crippen MR) is 63.7 cm³/mol. The molecule has 1 aromatic heterocycles. The van der Waals surface area contributed by atoms with Crippen LogP contribution in [0.5, 0.6) is 0 Å². The van der Waals surface area contributed by atoms with Crippen molar-refractivity contribution in [2.75, 3.05) is 0 Å². The lowest BCUT2D eigenvalue weighted by molar-refractivity contribution is 0.692. The Balaban J connectivity index is 2.69. The Hall–Kier alpha value is -1.43. The lowest BCUT2D eigenvalue weighted by atomic mass is 10.1. The van der Waals surface area contributed by atoms with Gasteiger partial charge in [0, 0.05) is 11.5 Å². The minimum Gasteiger partial charge on any atom is -0.244 e. The largest absolute Gasteiger partial charge is 0.368 e. The maximum absolute atomic E-state index is 11.7. The summed E-state index contributed by atoms with van der Waals surface area (Å²) >= 11 is 3.47. The third kappa shape index (κ3) is 1.69. The van der Waals surface area contributed by atoms with Gasteiger partial charge in [0.25, 0.3) is 0 Å². The third-order valence-electron chi connectivity index (χ3n) is 2.40. The van der Waals surface area contributed by atoms with Gasteiger partial charge >= 0.3 is 5.69 Å². The van der Waals surface area contributed by atoms with Gasteiger partial charge in [-0.1, -0.05) is 28.9 Å². The van der Waals surface area contributed by atoms with E-state index in [-0.39, 0.29) is 5.69 Å². The van der Waals surface area contributed by atoms with Crippen molar-refractivity contribution in [3.8, 4) is 5.69 Å². The first-order valence-electron chi connectivity index (χ1n) is 4.92. The molecular weight excluding hydrogens is 272 g/mol. The maximum atomic E-state index is 11.7. The summed E-state index contributed by atoms with van der Waals surface area (Å²) in [6.07, 6.45) is 0.819. The highest BCUT2D eigenvalue weighted by molar-refractivity contribution is 9.10. The van der Waals surface area contributed by atoms with Gasteiger partial charge < -0.3 is 0 Å². The van der Waals surface area contributed by atoms with Gasteiger partial charge in [0.15, 0.2) is 0 Å². The van der Waals surface area contributed by atoms with Crippen molar-refractivity contribution in [3.05, 3.63) is 38.7 Å². The van der Waals surface area contributed by atoms with Gasteiger partial charge in [-0.2, -0.15) is 9.36 Å². The molecule has 16 heavy (non-hydrogen) atoms. The smallest absolute Gasteiger partial charge is 0.244 e. The molecule has 0 N–H and O–H groups in total. The topological polar surface area (TPSA) is 52.7 Å². The molecule has 5 nitrogen and oxygen atoms in total. The van der Waals surface area contributed by atoms with Crippen molar-refractivity contribution < 1.29 is 0 Å². The first kappa shape index (κ1) is 11.1. The van der Waals surface area contributed by atoms with Gasteiger partial charge in [0.1, 0.15) is 0 Å². The van der Waals surface area contributed by atoms with Crippen LogP contribution >= 0.6 is 15.9 Å². The van der Waals surface area contributed by atoms with E-state index in [9.17, 15) is 4.79 Å². The Labute approximate surface area is 101 Å². The molecule has 0 aliphatic heterocycles. The Morgan fingerprint density at radius 3 is 2.69 bits per heavy atom. The second-order valence-electron chi connectivity index (χ2n) is 3.39. The number of rotatable bonds is 2. The van der Waals surface area contributed by atoms with Crippen molar-refractivity contribution in [1.29, 1.82) is 0 Å². The number of hydrogen-bond acceptors (Lipinski definition) is 3. The molecule has 0 amide bonds. The number of hydrogen-bond donors (Lipinski definition) is 0. The highest BCUT2D eigenvalue weighted by Gasteiger charge is 2.11. The number of benzene rings is 1. The second kappa shape index (κ2) is 4.21. The lowest BCUT2D eigenvalue weighted by Crippen LogP contribution is -2.22. The van der Waals surface area contributed by atoms with Crippen LogP contribution in [0.25, 0.3) is 5.69 Å².